The van der Waals surface area contributed by atoms with Crippen molar-refractivity contribution < 1.29 is 5.11 Å². The molecule has 2 aliphatic rings. The molecule has 1 saturated heterocycles. The molecule has 2 rings (SSSR count). The second-order valence-corrected chi connectivity index (χ2v) is 6.12. The summed E-state index contributed by atoms with van der Waals surface area (Å²) in [7, 11) is 0. The molecular weight excluding hydrogens is 210 g/mol. The molecule has 1 aliphatic heterocycles. The summed E-state index contributed by atoms with van der Waals surface area (Å²) >= 11 is 0. The van der Waals surface area contributed by atoms with E-state index in [-0.39, 0.29) is 6.10 Å². The highest BCUT2D eigenvalue weighted by Gasteiger charge is 2.29. The van der Waals surface area contributed by atoms with Crippen molar-refractivity contribution in [2.75, 3.05) is 6.54 Å². The molecule has 0 bridgehead atoms. The molecule has 0 aromatic heterocycles. The van der Waals surface area contributed by atoms with E-state index in [2.05, 4.69) is 4.90 Å². The zero-order chi connectivity index (χ0) is 12.1. The molecule has 1 aliphatic carbocycles. The van der Waals surface area contributed by atoms with Crippen molar-refractivity contribution in [1.29, 1.82) is 0 Å². The lowest BCUT2D eigenvalue weighted by molar-refractivity contribution is 0.0672. The molecule has 2 fully saturated rings. The third kappa shape index (κ3) is 3.96. The molecule has 2 unspecified atom stereocenters. The quantitative estimate of drug-likeness (QED) is 0.816. The van der Waals surface area contributed by atoms with Gasteiger partial charge in [-0.05, 0) is 45.6 Å². The molecular formula is C15H29NO. The number of likely N-dealkylation sites (tertiary alicyclic amines) is 1. The molecule has 2 atom stereocenters. The highest BCUT2D eigenvalue weighted by molar-refractivity contribution is 4.84. The standard InChI is InChI=1S/C15H29NO/c1-13(17)12-15-10-6-3-7-11-16(15)14-8-4-2-5-9-14/h13-15,17H,2-12H2,1H3. The maximum atomic E-state index is 9.69. The van der Waals surface area contributed by atoms with Crippen molar-refractivity contribution in [2.45, 2.75) is 89.3 Å². The summed E-state index contributed by atoms with van der Waals surface area (Å²) in [6.07, 6.45) is 13.3. The monoisotopic (exact) mass is 239 g/mol. The Morgan fingerprint density at radius 3 is 2.35 bits per heavy atom. The van der Waals surface area contributed by atoms with E-state index in [0.29, 0.717) is 6.04 Å². The van der Waals surface area contributed by atoms with E-state index >= 15 is 0 Å². The van der Waals surface area contributed by atoms with Crippen LogP contribution in [0.4, 0.5) is 0 Å². The Labute approximate surface area is 106 Å². The van der Waals surface area contributed by atoms with Gasteiger partial charge in [0, 0.05) is 12.1 Å². The van der Waals surface area contributed by atoms with Crippen LogP contribution in [0.25, 0.3) is 0 Å². The van der Waals surface area contributed by atoms with Crippen molar-refractivity contribution in [3.63, 3.8) is 0 Å². The lowest BCUT2D eigenvalue weighted by Crippen LogP contribution is -2.45. The molecule has 0 aromatic rings. The first-order valence-electron chi connectivity index (χ1n) is 7.71. The van der Waals surface area contributed by atoms with Gasteiger partial charge in [-0.2, -0.15) is 0 Å². The molecule has 0 radical (unpaired) electrons. The summed E-state index contributed by atoms with van der Waals surface area (Å²) in [6, 6.07) is 1.48. The minimum atomic E-state index is -0.135. The number of nitrogens with zero attached hydrogens (tertiary/aromatic N) is 1. The zero-order valence-electron chi connectivity index (χ0n) is 11.4. The third-order valence-electron chi connectivity index (χ3n) is 4.58. The highest BCUT2D eigenvalue weighted by Crippen LogP contribution is 2.29. The SMILES string of the molecule is CC(O)CC1CCCCCN1C1CCCCC1. The average molecular weight is 239 g/mol. The Morgan fingerprint density at radius 2 is 1.65 bits per heavy atom. The van der Waals surface area contributed by atoms with Gasteiger partial charge in [-0.3, -0.25) is 4.90 Å². The summed E-state index contributed by atoms with van der Waals surface area (Å²) in [6.45, 7) is 3.23. The molecule has 0 amide bonds. The second kappa shape index (κ2) is 6.75. The van der Waals surface area contributed by atoms with E-state index in [1.54, 1.807) is 0 Å². The van der Waals surface area contributed by atoms with Crippen LogP contribution >= 0.6 is 0 Å². The minimum absolute atomic E-state index is 0.135. The van der Waals surface area contributed by atoms with Gasteiger partial charge in [0.05, 0.1) is 6.10 Å². The van der Waals surface area contributed by atoms with Crippen LogP contribution in [0.15, 0.2) is 0 Å². The largest absolute Gasteiger partial charge is 0.393 e. The lowest BCUT2D eigenvalue weighted by atomic mass is 9.92. The predicted octanol–water partition coefficient (Wildman–Crippen LogP) is 3.33. The topological polar surface area (TPSA) is 23.5 Å². The van der Waals surface area contributed by atoms with Gasteiger partial charge in [0.2, 0.25) is 0 Å². The van der Waals surface area contributed by atoms with Gasteiger partial charge in [0.25, 0.3) is 0 Å². The highest BCUT2D eigenvalue weighted by atomic mass is 16.3. The fourth-order valence-corrected chi connectivity index (χ4v) is 3.74. The number of aliphatic hydroxyl groups is 1. The van der Waals surface area contributed by atoms with Gasteiger partial charge in [-0.1, -0.05) is 32.1 Å². The first-order chi connectivity index (χ1) is 8.27. The molecule has 2 heteroatoms. The van der Waals surface area contributed by atoms with Gasteiger partial charge in [-0.25, -0.2) is 0 Å². The summed E-state index contributed by atoms with van der Waals surface area (Å²) in [4.78, 5) is 2.76. The van der Waals surface area contributed by atoms with E-state index in [1.165, 1.54) is 64.3 Å². The first kappa shape index (κ1) is 13.4. The van der Waals surface area contributed by atoms with E-state index in [1.807, 2.05) is 6.92 Å². The molecule has 17 heavy (non-hydrogen) atoms. The van der Waals surface area contributed by atoms with Crippen molar-refractivity contribution in [3.05, 3.63) is 0 Å². The molecule has 100 valence electrons. The summed E-state index contributed by atoms with van der Waals surface area (Å²) in [5.41, 5.74) is 0. The maximum Gasteiger partial charge on any atom is 0.0527 e. The molecule has 0 spiro atoms. The molecule has 1 heterocycles. The molecule has 1 N–H and O–H groups in total. The third-order valence-corrected chi connectivity index (χ3v) is 4.58. The Bertz CT molecular complexity index is 211. The summed E-state index contributed by atoms with van der Waals surface area (Å²) in [5.74, 6) is 0. The lowest BCUT2D eigenvalue weighted by Gasteiger charge is -2.39. The average Bonchev–Trinajstić information content (AvgIpc) is 2.55. The second-order valence-electron chi connectivity index (χ2n) is 6.12. The Hall–Kier alpha value is -0.0800. The van der Waals surface area contributed by atoms with Crippen LogP contribution in [0, 0.1) is 0 Å². The Morgan fingerprint density at radius 1 is 1.00 bits per heavy atom. The normalized spacial score (nSPS) is 31.1. The number of rotatable bonds is 3. The van der Waals surface area contributed by atoms with Gasteiger partial charge < -0.3 is 5.11 Å². The Kier molecular flexibility index (Phi) is 5.30. The van der Waals surface area contributed by atoms with Crippen LogP contribution in [0.2, 0.25) is 0 Å². The van der Waals surface area contributed by atoms with Crippen molar-refractivity contribution in [3.8, 4) is 0 Å². The number of hydrogen-bond donors (Lipinski definition) is 1. The van der Waals surface area contributed by atoms with Crippen LogP contribution in [0.3, 0.4) is 0 Å². The van der Waals surface area contributed by atoms with Crippen molar-refractivity contribution in [1.82, 2.24) is 4.90 Å². The fraction of sp³-hybridized carbons (Fsp3) is 1.00. The maximum absolute atomic E-state index is 9.69. The number of hydrogen-bond acceptors (Lipinski definition) is 2. The zero-order valence-corrected chi connectivity index (χ0v) is 11.4. The van der Waals surface area contributed by atoms with E-state index < -0.39 is 0 Å². The van der Waals surface area contributed by atoms with Crippen LogP contribution in [0.5, 0.6) is 0 Å². The first-order valence-corrected chi connectivity index (χ1v) is 7.71. The fourth-order valence-electron chi connectivity index (χ4n) is 3.74. The van der Waals surface area contributed by atoms with Crippen molar-refractivity contribution >= 4 is 0 Å². The molecule has 2 nitrogen and oxygen atoms in total. The molecule has 1 saturated carbocycles. The van der Waals surface area contributed by atoms with Crippen LogP contribution in [-0.2, 0) is 0 Å². The predicted molar refractivity (Wildman–Crippen MR) is 72.1 cm³/mol. The van der Waals surface area contributed by atoms with Gasteiger partial charge in [0.15, 0.2) is 0 Å². The van der Waals surface area contributed by atoms with Crippen molar-refractivity contribution in [2.24, 2.45) is 0 Å². The van der Waals surface area contributed by atoms with Gasteiger partial charge in [0.1, 0.15) is 0 Å². The van der Waals surface area contributed by atoms with Gasteiger partial charge >= 0.3 is 0 Å². The van der Waals surface area contributed by atoms with Crippen LogP contribution in [0.1, 0.15) is 71.1 Å². The van der Waals surface area contributed by atoms with Crippen LogP contribution < -0.4 is 0 Å². The summed E-state index contributed by atoms with van der Waals surface area (Å²) < 4.78 is 0. The van der Waals surface area contributed by atoms with Crippen LogP contribution in [-0.4, -0.2) is 34.7 Å². The Balaban J connectivity index is 1.97. The molecule has 0 aromatic carbocycles. The smallest absolute Gasteiger partial charge is 0.0527 e. The number of aliphatic hydroxyl groups excluding tert-OH is 1. The van der Waals surface area contributed by atoms with E-state index in [9.17, 15) is 5.11 Å². The van der Waals surface area contributed by atoms with E-state index in [4.69, 9.17) is 0 Å². The minimum Gasteiger partial charge on any atom is -0.393 e. The van der Waals surface area contributed by atoms with Gasteiger partial charge in [-0.15, -0.1) is 0 Å². The summed E-state index contributed by atoms with van der Waals surface area (Å²) in [5, 5.41) is 9.69. The van der Waals surface area contributed by atoms with E-state index in [0.717, 1.165) is 12.5 Å².